The van der Waals surface area contributed by atoms with Crippen molar-refractivity contribution in [3.63, 3.8) is 0 Å². The Balaban J connectivity index is 2.45. The second-order valence-corrected chi connectivity index (χ2v) is 2.71. The van der Waals surface area contributed by atoms with Gasteiger partial charge in [-0.25, -0.2) is 0 Å². The monoisotopic (exact) mass is 201 g/mol. The highest BCUT2D eigenvalue weighted by molar-refractivity contribution is 6.18. The molecule has 0 saturated carbocycles. The Hall–Kier alpha value is -0.420. The van der Waals surface area contributed by atoms with Crippen LogP contribution in [0.15, 0.2) is 11.8 Å². The van der Waals surface area contributed by atoms with Gasteiger partial charge in [0.1, 0.15) is 6.10 Å². The van der Waals surface area contributed by atoms with Crippen molar-refractivity contribution in [1.82, 2.24) is 5.48 Å². The fourth-order valence-corrected chi connectivity index (χ4v) is 0.983. The van der Waals surface area contributed by atoms with Crippen molar-refractivity contribution in [2.24, 2.45) is 0 Å². The van der Waals surface area contributed by atoms with Crippen LogP contribution in [0.3, 0.4) is 0 Å². The normalized spacial score (nSPS) is 23.7. The van der Waals surface area contributed by atoms with E-state index in [0.717, 1.165) is 0 Å². The van der Waals surface area contributed by atoms with E-state index in [0.29, 0.717) is 0 Å². The van der Waals surface area contributed by atoms with Crippen molar-refractivity contribution in [2.45, 2.75) is 18.7 Å². The molecule has 0 saturated heterocycles. The third-order valence-corrected chi connectivity index (χ3v) is 1.58. The number of halogens is 4. The molecule has 1 heterocycles. The average molecular weight is 202 g/mol. The Morgan fingerprint density at radius 1 is 1.58 bits per heavy atom. The van der Waals surface area contributed by atoms with Crippen LogP contribution in [0, 0.1) is 0 Å². The summed E-state index contributed by atoms with van der Waals surface area (Å²) in [6.07, 6.45) is -4.33. The number of nitrogens with one attached hydrogen (secondary N) is 1. The molecule has 0 aliphatic carbocycles. The third kappa shape index (κ3) is 2.91. The van der Waals surface area contributed by atoms with Gasteiger partial charge in [-0.15, -0.1) is 11.6 Å². The lowest BCUT2D eigenvalue weighted by molar-refractivity contribution is -0.130. The first-order chi connectivity index (χ1) is 5.51. The first kappa shape index (κ1) is 9.67. The predicted octanol–water partition coefficient (Wildman–Crippen LogP) is 1.96. The highest BCUT2D eigenvalue weighted by Crippen LogP contribution is 2.25. The van der Waals surface area contributed by atoms with Gasteiger partial charge in [0.2, 0.25) is 0 Å². The lowest BCUT2D eigenvalue weighted by Crippen LogP contribution is -2.17. The van der Waals surface area contributed by atoms with E-state index in [2.05, 4.69) is 10.3 Å². The highest BCUT2D eigenvalue weighted by Gasteiger charge is 2.31. The summed E-state index contributed by atoms with van der Waals surface area (Å²) in [4.78, 5) is 4.69. The Labute approximate surface area is 72.3 Å². The molecule has 70 valence electrons. The first-order valence-electron chi connectivity index (χ1n) is 3.26. The summed E-state index contributed by atoms with van der Waals surface area (Å²) in [6, 6.07) is 0. The SMILES string of the molecule is FC(F)(F)CC1=CC(CCl)ON1. The zero-order valence-corrected chi connectivity index (χ0v) is 6.74. The highest BCUT2D eigenvalue weighted by atomic mass is 35.5. The molecule has 0 aromatic carbocycles. The van der Waals surface area contributed by atoms with E-state index in [1.807, 2.05) is 0 Å². The van der Waals surface area contributed by atoms with Gasteiger partial charge in [-0.3, -0.25) is 10.3 Å². The Morgan fingerprint density at radius 2 is 2.25 bits per heavy atom. The molecule has 0 aromatic rings. The number of alkyl halides is 4. The Kier molecular flexibility index (Phi) is 2.85. The Bertz CT molecular complexity index is 192. The van der Waals surface area contributed by atoms with Gasteiger partial charge in [-0.1, -0.05) is 0 Å². The maximum absolute atomic E-state index is 11.8. The quantitative estimate of drug-likeness (QED) is 0.690. The molecule has 1 rings (SSSR count). The van der Waals surface area contributed by atoms with E-state index in [9.17, 15) is 13.2 Å². The fourth-order valence-electron chi connectivity index (χ4n) is 0.831. The molecular weight excluding hydrogens is 195 g/mol. The average Bonchev–Trinajstić information content (AvgIpc) is 2.32. The lowest BCUT2D eigenvalue weighted by Gasteiger charge is -2.06. The van der Waals surface area contributed by atoms with Crippen LogP contribution < -0.4 is 5.48 Å². The summed E-state index contributed by atoms with van der Waals surface area (Å²) < 4.78 is 35.3. The minimum absolute atomic E-state index is 0.0214. The van der Waals surface area contributed by atoms with Gasteiger partial charge >= 0.3 is 6.18 Å². The van der Waals surface area contributed by atoms with Gasteiger partial charge in [0.15, 0.2) is 0 Å². The summed E-state index contributed by atoms with van der Waals surface area (Å²) in [7, 11) is 0. The number of hydrogen-bond donors (Lipinski definition) is 1. The van der Waals surface area contributed by atoms with Crippen molar-refractivity contribution >= 4 is 11.6 Å². The number of hydroxylamine groups is 1. The minimum atomic E-state index is -4.20. The van der Waals surface area contributed by atoms with Gasteiger partial charge in [-0.05, 0) is 6.08 Å². The zero-order valence-electron chi connectivity index (χ0n) is 5.99. The molecule has 6 heteroatoms. The van der Waals surface area contributed by atoms with Crippen molar-refractivity contribution < 1.29 is 18.0 Å². The molecule has 0 amide bonds. The maximum Gasteiger partial charge on any atom is 0.394 e. The summed E-state index contributed by atoms with van der Waals surface area (Å²) >= 11 is 5.35. The largest absolute Gasteiger partial charge is 0.394 e. The molecular formula is C6H7ClF3NO. The molecule has 2 nitrogen and oxygen atoms in total. The van der Waals surface area contributed by atoms with E-state index in [-0.39, 0.29) is 11.6 Å². The molecule has 0 radical (unpaired) electrons. The van der Waals surface area contributed by atoms with E-state index < -0.39 is 18.7 Å². The maximum atomic E-state index is 11.8. The molecule has 12 heavy (non-hydrogen) atoms. The second-order valence-electron chi connectivity index (χ2n) is 2.40. The number of rotatable bonds is 2. The van der Waals surface area contributed by atoms with Crippen LogP contribution in [0.5, 0.6) is 0 Å². The lowest BCUT2D eigenvalue weighted by atomic mass is 10.2. The molecule has 1 N–H and O–H groups in total. The Morgan fingerprint density at radius 3 is 2.67 bits per heavy atom. The van der Waals surface area contributed by atoms with Gasteiger partial charge < -0.3 is 0 Å². The van der Waals surface area contributed by atoms with Crippen LogP contribution in [0.2, 0.25) is 0 Å². The first-order valence-corrected chi connectivity index (χ1v) is 3.80. The molecule has 0 fully saturated rings. The van der Waals surface area contributed by atoms with E-state index >= 15 is 0 Å². The van der Waals surface area contributed by atoms with Crippen molar-refractivity contribution in [3.05, 3.63) is 11.8 Å². The molecule has 1 atom stereocenters. The van der Waals surface area contributed by atoms with E-state index in [4.69, 9.17) is 11.6 Å². The van der Waals surface area contributed by atoms with Crippen LogP contribution >= 0.6 is 11.6 Å². The van der Waals surface area contributed by atoms with Crippen LogP contribution in [0.1, 0.15) is 6.42 Å². The molecule has 0 aromatic heterocycles. The summed E-state index contributed by atoms with van der Waals surface area (Å²) in [5, 5.41) is 0. The molecule has 0 bridgehead atoms. The third-order valence-electron chi connectivity index (χ3n) is 1.27. The fraction of sp³-hybridized carbons (Fsp3) is 0.667. The molecule has 0 spiro atoms. The molecule has 1 aliphatic heterocycles. The van der Waals surface area contributed by atoms with Gasteiger partial charge in [0.05, 0.1) is 12.3 Å². The number of hydrogen-bond acceptors (Lipinski definition) is 2. The smallest absolute Gasteiger partial charge is 0.270 e. The topological polar surface area (TPSA) is 21.3 Å². The second kappa shape index (κ2) is 3.53. The van der Waals surface area contributed by atoms with Gasteiger partial charge in [0.25, 0.3) is 0 Å². The van der Waals surface area contributed by atoms with Crippen LogP contribution in [-0.2, 0) is 4.84 Å². The molecule has 1 unspecified atom stereocenters. The van der Waals surface area contributed by atoms with Crippen LogP contribution in [0.4, 0.5) is 13.2 Å². The number of allylic oxidation sites excluding steroid dienone is 1. The van der Waals surface area contributed by atoms with Crippen molar-refractivity contribution in [1.29, 1.82) is 0 Å². The summed E-state index contributed by atoms with van der Waals surface area (Å²) in [5.41, 5.74) is 2.19. The van der Waals surface area contributed by atoms with Crippen molar-refractivity contribution in [3.8, 4) is 0 Å². The van der Waals surface area contributed by atoms with Gasteiger partial charge in [-0.2, -0.15) is 13.2 Å². The standard InChI is InChI=1S/C6H7ClF3NO/c7-3-5-1-4(11-12-5)2-6(8,9)10/h1,5,11H,2-3H2. The van der Waals surface area contributed by atoms with Crippen LogP contribution in [-0.4, -0.2) is 18.2 Å². The van der Waals surface area contributed by atoms with E-state index in [1.165, 1.54) is 6.08 Å². The van der Waals surface area contributed by atoms with Crippen molar-refractivity contribution in [2.75, 3.05) is 5.88 Å². The van der Waals surface area contributed by atoms with Crippen LogP contribution in [0.25, 0.3) is 0 Å². The molecule has 1 aliphatic rings. The van der Waals surface area contributed by atoms with Gasteiger partial charge in [0, 0.05) is 5.70 Å². The predicted molar refractivity (Wildman–Crippen MR) is 37.5 cm³/mol. The summed E-state index contributed by atoms with van der Waals surface area (Å²) in [6.45, 7) is 0. The minimum Gasteiger partial charge on any atom is -0.270 e. The zero-order chi connectivity index (χ0) is 9.19. The summed E-state index contributed by atoms with van der Waals surface area (Å²) in [5.74, 6) is 0.147. The van der Waals surface area contributed by atoms with E-state index in [1.54, 1.807) is 0 Å².